The number of thiol groups is 1. The molecule has 22 heteroatoms. The maximum Gasteiger partial charge on any atom is 0.408 e. The van der Waals surface area contributed by atoms with Gasteiger partial charge in [0.05, 0.1) is 58.5 Å². The third-order valence-corrected chi connectivity index (χ3v) is 19.3. The molecule has 0 saturated heterocycles. The van der Waals surface area contributed by atoms with Crippen LogP contribution in [-0.2, 0) is 30.9 Å². The number of alkyl carbamates (subject to hydrolysis) is 2. The standard InChI is InChI=1S/C22H25NO5S.C20H23NO5.C15H15NO2S.C15H12O2.C14H10O3/c1-14(24)29-13-22(23-20(25)28-21(2,3)4)16-8-6-7-9-18(16)27-19-12-15(26-5)10-11-17(19)22;1-19(2,3)26-18(23)21-20(12-22)14-7-5-6-8-16(14)25-17-11-13(24-4)9-10-15(17)20;1-17-10-6-7-12-14(8-10)18-13-5-3-2-4-11(13)15(12,16)9-19;1-10-12-5-3-4-6-14(12)17-15-9-11(16-2)7-8-13(10)15;1-16-9-6-7-11-13(8-9)17-12-5-3-2-4-10(12)14(11)15/h6-12H,13H2,1-5H3,(H,23,25);5-11,22H,12H2,1-4H3,(H,21,23);2-8,19H,9,16H2,1H3;3-9H,1H2,2H3;2-8H,1H3. The number of aliphatic hydroxyl groups excluding tert-OH is 1. The van der Waals surface area contributed by atoms with E-state index in [1.165, 1.54) is 6.92 Å². The molecule has 1 aromatic heterocycles. The molecule has 11 aromatic rings. The molecule has 10 aromatic carbocycles. The molecule has 15 rings (SSSR count). The van der Waals surface area contributed by atoms with E-state index in [-0.39, 0.29) is 17.2 Å². The summed E-state index contributed by atoms with van der Waals surface area (Å²) in [7, 11) is 8.01. The molecular formula is C86H85N3O17S2. The Bertz CT molecular complexity index is 5240. The lowest BCUT2D eigenvalue weighted by molar-refractivity contribution is -0.109. The van der Waals surface area contributed by atoms with Crippen LogP contribution in [0.3, 0.4) is 0 Å². The second-order valence-electron chi connectivity index (χ2n) is 27.2. The SMILES string of the molecule is C=C1c2ccccc2Oc2cc(OC)ccc21.COc1ccc2c(=O)c3ccccc3oc2c1.COc1ccc2c(c1)Oc1ccccc1C2(CO)NC(=O)OC(C)(C)C.COc1ccc2c(c1)Oc1ccccc1C2(CSC(C)=O)NC(=O)OC(C)(C)C.COc1ccc2c(c1)Oc1ccccc1C2(N)CS. The van der Waals surface area contributed by atoms with Crippen LogP contribution in [0.5, 0.6) is 74.7 Å². The molecule has 0 bridgehead atoms. The van der Waals surface area contributed by atoms with Crippen molar-refractivity contribution in [1.82, 2.24) is 10.6 Å². The van der Waals surface area contributed by atoms with Crippen molar-refractivity contribution in [2.45, 2.75) is 76.3 Å². The fourth-order valence-corrected chi connectivity index (χ4v) is 13.8. The van der Waals surface area contributed by atoms with E-state index in [2.05, 4.69) is 29.8 Å². The Morgan fingerprint density at radius 2 is 0.833 bits per heavy atom. The monoisotopic (exact) mass is 1500 g/mol. The van der Waals surface area contributed by atoms with Crippen LogP contribution in [0, 0.1) is 0 Å². The Balaban J connectivity index is 0.000000136. The van der Waals surface area contributed by atoms with Gasteiger partial charge in [-0.2, -0.15) is 12.6 Å². The van der Waals surface area contributed by atoms with Crippen LogP contribution in [0.1, 0.15) is 93.0 Å². The van der Waals surface area contributed by atoms with Gasteiger partial charge in [0.15, 0.2) is 5.12 Å². The van der Waals surface area contributed by atoms with Crippen molar-refractivity contribution >= 4 is 69.2 Å². The lowest BCUT2D eigenvalue weighted by Crippen LogP contribution is -2.52. The molecule has 108 heavy (non-hydrogen) atoms. The number of nitrogens with two attached hydrogens (primary N) is 1. The smallest absolute Gasteiger partial charge is 0.408 e. The van der Waals surface area contributed by atoms with E-state index in [4.69, 9.17) is 62.3 Å². The molecule has 0 saturated carbocycles. The first-order valence-corrected chi connectivity index (χ1v) is 36.0. The fourth-order valence-electron chi connectivity index (χ4n) is 12.7. The van der Waals surface area contributed by atoms with E-state index < -0.39 is 40.0 Å². The summed E-state index contributed by atoms with van der Waals surface area (Å²) in [5.41, 5.74) is 11.3. The maximum absolute atomic E-state index is 12.8. The summed E-state index contributed by atoms with van der Waals surface area (Å²) in [4.78, 5) is 49.4. The van der Waals surface area contributed by atoms with Crippen LogP contribution in [-0.4, -0.2) is 87.3 Å². The number of amides is 2. The van der Waals surface area contributed by atoms with Crippen LogP contribution < -0.4 is 64.4 Å². The highest BCUT2D eigenvalue weighted by Gasteiger charge is 2.47. The van der Waals surface area contributed by atoms with Gasteiger partial charge in [-0.1, -0.05) is 103 Å². The Morgan fingerprint density at radius 1 is 0.463 bits per heavy atom. The molecule has 20 nitrogen and oxygen atoms in total. The molecule has 3 atom stereocenters. The van der Waals surface area contributed by atoms with E-state index in [1.807, 2.05) is 146 Å². The van der Waals surface area contributed by atoms with Crippen molar-refractivity contribution in [3.05, 3.63) is 274 Å². The predicted octanol–water partition coefficient (Wildman–Crippen LogP) is 18.2. The average molecular weight is 1500 g/mol. The molecule has 4 aliphatic rings. The van der Waals surface area contributed by atoms with E-state index in [1.54, 1.807) is 144 Å². The van der Waals surface area contributed by atoms with E-state index in [0.29, 0.717) is 84.8 Å². The molecule has 0 spiro atoms. The molecule has 5 N–H and O–H groups in total. The Kier molecular flexibility index (Phi) is 23.4. The maximum atomic E-state index is 12.8. The topological polar surface area (TPSA) is 253 Å². The van der Waals surface area contributed by atoms with E-state index in [0.717, 1.165) is 85.2 Å². The summed E-state index contributed by atoms with van der Waals surface area (Å²) in [5.74, 6) is 9.64. The van der Waals surface area contributed by atoms with Gasteiger partial charge in [-0.25, -0.2) is 9.59 Å². The molecule has 558 valence electrons. The minimum atomic E-state index is -1.18. The average Bonchev–Trinajstić information content (AvgIpc) is 0.738. The number of ether oxygens (including phenoxy) is 11. The normalized spacial score (nSPS) is 16.3. The number of aliphatic hydroxyl groups is 1. The van der Waals surface area contributed by atoms with Gasteiger partial charge in [-0.3, -0.25) is 9.59 Å². The summed E-state index contributed by atoms with van der Waals surface area (Å²) in [5, 5.41) is 17.4. The van der Waals surface area contributed by atoms with Crippen molar-refractivity contribution in [3.8, 4) is 74.7 Å². The summed E-state index contributed by atoms with van der Waals surface area (Å²) in [6, 6.07) is 65.0. The highest BCUT2D eigenvalue weighted by Crippen LogP contribution is 2.52. The summed E-state index contributed by atoms with van der Waals surface area (Å²) in [6.45, 7) is 16.1. The van der Waals surface area contributed by atoms with Crippen LogP contribution in [0.15, 0.2) is 228 Å². The minimum Gasteiger partial charge on any atom is -0.497 e. The number of methoxy groups -OCH3 is 5. The Morgan fingerprint density at radius 3 is 1.35 bits per heavy atom. The van der Waals surface area contributed by atoms with Gasteiger partial charge in [-0.15, -0.1) is 0 Å². The second kappa shape index (κ2) is 32.7. The summed E-state index contributed by atoms with van der Waals surface area (Å²) in [6.07, 6.45) is -1.19. The highest BCUT2D eigenvalue weighted by atomic mass is 32.2. The third-order valence-electron chi connectivity index (χ3n) is 17.8. The van der Waals surface area contributed by atoms with E-state index >= 15 is 0 Å². The number of para-hydroxylation sites is 5. The second-order valence-corrected chi connectivity index (χ2v) is 28.7. The quantitative estimate of drug-likeness (QED) is 0.0596. The van der Waals surface area contributed by atoms with Crippen LogP contribution in [0.4, 0.5) is 9.59 Å². The summed E-state index contributed by atoms with van der Waals surface area (Å²) < 4.78 is 66.6. The molecule has 4 aliphatic heterocycles. The van der Waals surface area contributed by atoms with Crippen molar-refractivity contribution in [2.24, 2.45) is 5.73 Å². The number of thioether (sulfide) groups is 1. The number of carbonyl (C=O) groups excluding carboxylic acids is 3. The Labute approximate surface area is 636 Å². The number of nitrogens with one attached hydrogen (secondary N) is 2. The molecule has 2 amide bonds. The molecule has 0 aliphatic carbocycles. The van der Waals surface area contributed by atoms with Crippen molar-refractivity contribution < 1.29 is 76.0 Å². The predicted molar refractivity (Wildman–Crippen MR) is 422 cm³/mol. The van der Waals surface area contributed by atoms with Crippen molar-refractivity contribution in [3.63, 3.8) is 0 Å². The Hall–Kier alpha value is -11.6. The van der Waals surface area contributed by atoms with Crippen LogP contribution in [0.25, 0.3) is 27.5 Å². The van der Waals surface area contributed by atoms with Gasteiger partial charge < -0.3 is 78.0 Å². The van der Waals surface area contributed by atoms with Gasteiger partial charge in [0.25, 0.3) is 0 Å². The van der Waals surface area contributed by atoms with Gasteiger partial charge >= 0.3 is 12.2 Å². The fraction of sp³-hybridized carbons (Fsp3) is 0.233. The molecule has 5 heterocycles. The number of rotatable bonds is 11. The molecular weight excluding hydrogens is 1410 g/mol. The van der Waals surface area contributed by atoms with Gasteiger partial charge in [0.2, 0.25) is 5.43 Å². The lowest BCUT2D eigenvalue weighted by Gasteiger charge is -2.40. The van der Waals surface area contributed by atoms with Gasteiger partial charge in [0, 0.05) is 93.3 Å². The molecule has 0 fully saturated rings. The number of hydrogen-bond donors (Lipinski definition) is 5. The molecule has 0 radical (unpaired) electrons. The number of fused-ring (bicyclic) bond motifs is 10. The van der Waals surface area contributed by atoms with Gasteiger partial charge in [0.1, 0.15) is 108 Å². The van der Waals surface area contributed by atoms with Crippen LogP contribution in [0.2, 0.25) is 0 Å². The summed E-state index contributed by atoms with van der Waals surface area (Å²) >= 11 is 5.57. The first kappa shape index (κ1) is 77.5. The van der Waals surface area contributed by atoms with E-state index in [9.17, 15) is 24.3 Å². The van der Waals surface area contributed by atoms with Crippen LogP contribution >= 0.6 is 24.4 Å². The first-order chi connectivity index (χ1) is 51.7. The number of benzene rings is 10. The lowest BCUT2D eigenvalue weighted by atomic mass is 9.80. The highest BCUT2D eigenvalue weighted by molar-refractivity contribution is 8.13. The minimum absolute atomic E-state index is 0.00972. The third kappa shape index (κ3) is 16.7. The first-order valence-electron chi connectivity index (χ1n) is 34.4. The largest absolute Gasteiger partial charge is 0.497 e. The molecule has 3 unspecified atom stereocenters. The number of hydrogen-bond acceptors (Lipinski definition) is 20. The zero-order valence-electron chi connectivity index (χ0n) is 61.9. The van der Waals surface area contributed by atoms with Crippen molar-refractivity contribution in [1.29, 1.82) is 0 Å². The zero-order valence-corrected chi connectivity index (χ0v) is 63.7. The zero-order chi connectivity index (χ0) is 77.3. The number of carbonyl (C=O) groups is 3. The van der Waals surface area contributed by atoms with Crippen molar-refractivity contribution in [2.75, 3.05) is 53.7 Å². The van der Waals surface area contributed by atoms with Gasteiger partial charge in [-0.05, 0) is 144 Å².